The fourth-order valence-corrected chi connectivity index (χ4v) is 1.65. The van der Waals surface area contributed by atoms with Crippen LogP contribution in [-0.4, -0.2) is 18.0 Å². The van der Waals surface area contributed by atoms with Crippen LogP contribution < -0.4 is 0 Å². The highest BCUT2D eigenvalue weighted by Gasteiger charge is 2.28. The molecule has 5 nitrogen and oxygen atoms in total. The quantitative estimate of drug-likeness (QED) is 0.446. The van der Waals surface area contributed by atoms with Crippen molar-refractivity contribution in [3.8, 4) is 0 Å². The molecule has 0 atom stereocenters. The summed E-state index contributed by atoms with van der Waals surface area (Å²) in [6.07, 6.45) is 2.13. The third-order valence-electron chi connectivity index (χ3n) is 2.67. The lowest BCUT2D eigenvalue weighted by Crippen LogP contribution is -2.06. The van der Waals surface area contributed by atoms with E-state index in [0.29, 0.717) is 5.92 Å². The van der Waals surface area contributed by atoms with Crippen molar-refractivity contribution in [1.29, 1.82) is 0 Å². The maximum Gasteiger partial charge on any atom is 0.344 e. The Hall–Kier alpha value is -1.91. The van der Waals surface area contributed by atoms with E-state index < -0.39 is 10.9 Å². The molecule has 1 saturated carbocycles. The molecule has 0 amide bonds. The molecule has 0 heterocycles. The normalized spacial score (nSPS) is 14.6. The van der Waals surface area contributed by atoms with Gasteiger partial charge in [0.25, 0.3) is 5.69 Å². The average molecular weight is 221 g/mol. The molecule has 1 aliphatic rings. The summed E-state index contributed by atoms with van der Waals surface area (Å²) in [6.45, 7) is 0. The Morgan fingerprint density at radius 3 is 2.69 bits per heavy atom. The van der Waals surface area contributed by atoms with Crippen LogP contribution >= 0.6 is 0 Å². The smallest absolute Gasteiger partial charge is 0.344 e. The van der Waals surface area contributed by atoms with Crippen LogP contribution in [0.25, 0.3) is 0 Å². The summed E-state index contributed by atoms with van der Waals surface area (Å²) >= 11 is 0. The van der Waals surface area contributed by atoms with Gasteiger partial charge in [0.1, 0.15) is 5.56 Å². The molecule has 0 spiro atoms. The summed E-state index contributed by atoms with van der Waals surface area (Å²) in [5.41, 5.74) is 0.771. The molecular formula is C11H11NO4. The molecular weight excluding hydrogens is 210 g/mol. The van der Waals surface area contributed by atoms with Crippen molar-refractivity contribution in [3.63, 3.8) is 0 Å². The van der Waals surface area contributed by atoms with Crippen molar-refractivity contribution >= 4 is 11.7 Å². The molecule has 0 aromatic heterocycles. The van der Waals surface area contributed by atoms with E-state index >= 15 is 0 Å². The summed E-state index contributed by atoms with van der Waals surface area (Å²) < 4.78 is 4.50. The number of nitro groups is 1. The van der Waals surface area contributed by atoms with Gasteiger partial charge in [-0.1, -0.05) is 6.07 Å². The second-order valence-corrected chi connectivity index (χ2v) is 3.80. The third-order valence-corrected chi connectivity index (χ3v) is 2.67. The highest BCUT2D eigenvalue weighted by molar-refractivity contribution is 5.93. The number of nitrogens with zero attached hydrogens (tertiary/aromatic N) is 1. The van der Waals surface area contributed by atoms with Crippen molar-refractivity contribution in [1.82, 2.24) is 0 Å². The van der Waals surface area contributed by atoms with Crippen LogP contribution in [0.2, 0.25) is 0 Å². The second-order valence-electron chi connectivity index (χ2n) is 3.80. The van der Waals surface area contributed by atoms with Gasteiger partial charge in [-0.05, 0) is 30.4 Å². The highest BCUT2D eigenvalue weighted by Crippen LogP contribution is 2.41. The van der Waals surface area contributed by atoms with Crippen LogP contribution in [0.3, 0.4) is 0 Å². The van der Waals surface area contributed by atoms with E-state index in [0.717, 1.165) is 18.4 Å². The van der Waals surface area contributed by atoms with Crippen LogP contribution in [0.4, 0.5) is 5.69 Å². The van der Waals surface area contributed by atoms with E-state index in [1.54, 1.807) is 6.07 Å². The lowest BCUT2D eigenvalue weighted by Gasteiger charge is -2.03. The molecule has 0 N–H and O–H groups in total. The number of hydrogen-bond donors (Lipinski definition) is 0. The predicted molar refractivity (Wildman–Crippen MR) is 56.4 cm³/mol. The lowest BCUT2D eigenvalue weighted by molar-refractivity contribution is -0.385. The third kappa shape index (κ3) is 1.88. The second kappa shape index (κ2) is 3.92. The van der Waals surface area contributed by atoms with Crippen molar-refractivity contribution < 1.29 is 14.5 Å². The van der Waals surface area contributed by atoms with Gasteiger partial charge in [-0.15, -0.1) is 0 Å². The number of benzene rings is 1. The molecule has 84 valence electrons. The van der Waals surface area contributed by atoms with Crippen LogP contribution in [-0.2, 0) is 4.74 Å². The Balaban J connectivity index is 2.44. The Labute approximate surface area is 92.2 Å². The zero-order chi connectivity index (χ0) is 11.7. The Morgan fingerprint density at radius 1 is 1.50 bits per heavy atom. The van der Waals surface area contributed by atoms with Gasteiger partial charge in [0.15, 0.2) is 0 Å². The Kier molecular flexibility index (Phi) is 2.60. The molecule has 0 radical (unpaired) electrons. The van der Waals surface area contributed by atoms with Gasteiger partial charge in [0.2, 0.25) is 0 Å². The SMILES string of the molecule is COC(=O)c1ccc(C2CC2)cc1[N+](=O)[O-]. The van der Waals surface area contributed by atoms with E-state index in [9.17, 15) is 14.9 Å². The molecule has 1 aromatic carbocycles. The summed E-state index contributed by atoms with van der Waals surface area (Å²) in [4.78, 5) is 21.6. The number of carbonyl (C=O) groups is 1. The Morgan fingerprint density at radius 2 is 2.19 bits per heavy atom. The van der Waals surface area contributed by atoms with Crippen molar-refractivity contribution in [2.75, 3.05) is 7.11 Å². The van der Waals surface area contributed by atoms with E-state index in [4.69, 9.17) is 0 Å². The number of esters is 1. The average Bonchev–Trinajstić information content (AvgIpc) is 3.11. The van der Waals surface area contributed by atoms with Gasteiger partial charge in [-0.25, -0.2) is 4.79 Å². The summed E-state index contributed by atoms with van der Waals surface area (Å²) in [7, 11) is 1.21. The number of rotatable bonds is 3. The van der Waals surface area contributed by atoms with E-state index in [-0.39, 0.29) is 11.3 Å². The molecule has 2 rings (SSSR count). The van der Waals surface area contributed by atoms with E-state index in [2.05, 4.69) is 4.74 Å². The minimum absolute atomic E-state index is 0.0110. The van der Waals surface area contributed by atoms with Gasteiger partial charge in [-0.3, -0.25) is 10.1 Å². The van der Waals surface area contributed by atoms with Gasteiger partial charge < -0.3 is 4.74 Å². The van der Waals surface area contributed by atoms with Crippen LogP contribution in [0.15, 0.2) is 18.2 Å². The minimum atomic E-state index is -0.672. The van der Waals surface area contributed by atoms with Gasteiger partial charge in [0, 0.05) is 6.07 Å². The summed E-state index contributed by atoms with van der Waals surface area (Å²) in [6, 6.07) is 4.71. The molecule has 0 aliphatic heterocycles. The van der Waals surface area contributed by atoms with Crippen molar-refractivity contribution in [3.05, 3.63) is 39.4 Å². The highest BCUT2D eigenvalue weighted by atomic mass is 16.6. The number of ether oxygens (including phenoxy) is 1. The molecule has 0 saturated heterocycles. The first-order valence-corrected chi connectivity index (χ1v) is 5.00. The van der Waals surface area contributed by atoms with Crippen LogP contribution in [0, 0.1) is 10.1 Å². The standard InChI is InChI=1S/C11H11NO4/c1-16-11(13)9-5-4-8(7-2-3-7)6-10(9)12(14)15/h4-7H,2-3H2,1H3. The van der Waals surface area contributed by atoms with Gasteiger partial charge in [0.05, 0.1) is 12.0 Å². The van der Waals surface area contributed by atoms with Crippen LogP contribution in [0.1, 0.15) is 34.7 Å². The van der Waals surface area contributed by atoms with E-state index in [1.165, 1.54) is 19.2 Å². The predicted octanol–water partition coefficient (Wildman–Crippen LogP) is 2.26. The lowest BCUT2D eigenvalue weighted by atomic mass is 10.1. The molecule has 1 fully saturated rings. The first kappa shape index (κ1) is 10.6. The molecule has 5 heteroatoms. The van der Waals surface area contributed by atoms with Crippen molar-refractivity contribution in [2.24, 2.45) is 0 Å². The van der Waals surface area contributed by atoms with Gasteiger partial charge >= 0.3 is 5.97 Å². The van der Waals surface area contributed by atoms with Crippen LogP contribution in [0.5, 0.6) is 0 Å². The minimum Gasteiger partial charge on any atom is -0.465 e. The number of hydrogen-bond acceptors (Lipinski definition) is 4. The summed E-state index contributed by atoms with van der Waals surface area (Å²) in [5, 5.41) is 10.8. The number of methoxy groups -OCH3 is 1. The fourth-order valence-electron chi connectivity index (χ4n) is 1.65. The largest absolute Gasteiger partial charge is 0.465 e. The molecule has 1 aliphatic carbocycles. The Bertz CT molecular complexity index is 451. The zero-order valence-corrected chi connectivity index (χ0v) is 8.80. The zero-order valence-electron chi connectivity index (χ0n) is 8.80. The summed E-state index contributed by atoms with van der Waals surface area (Å²) in [5.74, 6) is -0.251. The fraction of sp³-hybridized carbons (Fsp3) is 0.364. The first-order valence-electron chi connectivity index (χ1n) is 5.00. The van der Waals surface area contributed by atoms with Gasteiger partial charge in [-0.2, -0.15) is 0 Å². The molecule has 16 heavy (non-hydrogen) atoms. The molecule has 0 unspecified atom stereocenters. The maximum absolute atomic E-state index is 11.3. The molecule has 0 bridgehead atoms. The number of carbonyl (C=O) groups excluding carboxylic acids is 1. The first-order chi connectivity index (χ1) is 7.63. The molecule has 1 aromatic rings. The van der Waals surface area contributed by atoms with Crippen molar-refractivity contribution in [2.45, 2.75) is 18.8 Å². The topological polar surface area (TPSA) is 69.4 Å². The van der Waals surface area contributed by atoms with E-state index in [1.807, 2.05) is 0 Å². The maximum atomic E-state index is 11.3. The monoisotopic (exact) mass is 221 g/mol. The number of nitro benzene ring substituents is 1.